The van der Waals surface area contributed by atoms with Gasteiger partial charge in [0.1, 0.15) is 16.5 Å². The molecule has 1 aliphatic rings. The lowest BCUT2D eigenvalue weighted by molar-refractivity contribution is -0.128. The van der Waals surface area contributed by atoms with Crippen LogP contribution >= 0.6 is 11.6 Å². The largest absolute Gasteiger partial charge is 0.478 e. The second kappa shape index (κ2) is 5.28. The molecule has 1 fully saturated rings. The number of rotatable bonds is 3. The molecule has 0 aromatic carbocycles. The Morgan fingerprint density at radius 1 is 1.50 bits per heavy atom. The highest BCUT2D eigenvalue weighted by Crippen LogP contribution is 2.34. The molecule has 1 amide bonds. The Morgan fingerprint density at radius 3 is 2.80 bits per heavy atom. The molecule has 2 rings (SSSR count). The number of carboxylic acid groups (broad SMARTS) is 1. The highest BCUT2D eigenvalue weighted by molar-refractivity contribution is 6.29. The number of carbonyl (C=O) groups is 2. The van der Waals surface area contributed by atoms with Gasteiger partial charge < -0.3 is 15.3 Å². The molecule has 0 spiro atoms. The van der Waals surface area contributed by atoms with E-state index in [-0.39, 0.29) is 16.6 Å². The van der Waals surface area contributed by atoms with Gasteiger partial charge in [-0.1, -0.05) is 11.6 Å². The number of aromatic carboxylic acids is 1. The zero-order chi connectivity index (χ0) is 14.9. The summed E-state index contributed by atoms with van der Waals surface area (Å²) in [5.74, 6) is -0.797. The second-order valence-corrected chi connectivity index (χ2v) is 5.51. The van der Waals surface area contributed by atoms with E-state index < -0.39 is 11.4 Å². The Kier molecular flexibility index (Phi) is 3.85. The molecule has 1 saturated heterocycles. The zero-order valence-electron chi connectivity index (χ0n) is 11.3. The van der Waals surface area contributed by atoms with Crippen LogP contribution in [0.3, 0.4) is 0 Å². The number of nitrogens with zero attached hydrogens (tertiary/aromatic N) is 2. The van der Waals surface area contributed by atoms with E-state index in [1.807, 2.05) is 6.92 Å². The van der Waals surface area contributed by atoms with Crippen LogP contribution in [0, 0.1) is 5.41 Å². The van der Waals surface area contributed by atoms with Crippen molar-refractivity contribution in [3.05, 3.63) is 22.8 Å². The Morgan fingerprint density at radius 2 is 2.20 bits per heavy atom. The van der Waals surface area contributed by atoms with Crippen molar-refractivity contribution < 1.29 is 14.7 Å². The van der Waals surface area contributed by atoms with Gasteiger partial charge in [-0.2, -0.15) is 0 Å². The normalized spacial score (nSPS) is 21.9. The van der Waals surface area contributed by atoms with Crippen molar-refractivity contribution in [2.24, 2.45) is 5.41 Å². The van der Waals surface area contributed by atoms with Crippen LogP contribution < -0.4 is 10.2 Å². The van der Waals surface area contributed by atoms with Crippen molar-refractivity contribution >= 4 is 29.3 Å². The molecule has 6 nitrogen and oxygen atoms in total. The van der Waals surface area contributed by atoms with Gasteiger partial charge in [0.2, 0.25) is 5.91 Å². The maximum atomic E-state index is 11.9. The van der Waals surface area contributed by atoms with E-state index >= 15 is 0 Å². The molecule has 1 aromatic rings. The fourth-order valence-corrected chi connectivity index (χ4v) is 2.61. The van der Waals surface area contributed by atoms with Crippen molar-refractivity contribution in [2.75, 3.05) is 25.0 Å². The lowest BCUT2D eigenvalue weighted by Crippen LogP contribution is -2.39. The molecule has 1 atom stereocenters. The van der Waals surface area contributed by atoms with Crippen LogP contribution in [0.1, 0.15) is 23.7 Å². The molecule has 1 aromatic heterocycles. The number of pyridine rings is 1. The fraction of sp³-hybridized carbons (Fsp3) is 0.462. The van der Waals surface area contributed by atoms with Crippen LogP contribution in [0.5, 0.6) is 0 Å². The summed E-state index contributed by atoms with van der Waals surface area (Å²) in [5.41, 5.74) is -0.454. The highest BCUT2D eigenvalue weighted by Gasteiger charge is 2.41. The number of aromatic nitrogens is 1. The first-order valence-corrected chi connectivity index (χ1v) is 6.62. The average Bonchev–Trinajstić information content (AvgIpc) is 2.81. The summed E-state index contributed by atoms with van der Waals surface area (Å²) in [4.78, 5) is 29.1. The average molecular weight is 298 g/mol. The van der Waals surface area contributed by atoms with Gasteiger partial charge in [-0.25, -0.2) is 9.78 Å². The molecule has 2 heterocycles. The summed E-state index contributed by atoms with van der Waals surface area (Å²) < 4.78 is 0. The number of carbonyl (C=O) groups excluding carboxylic acids is 1. The molecule has 0 radical (unpaired) electrons. The van der Waals surface area contributed by atoms with E-state index in [2.05, 4.69) is 10.3 Å². The first-order valence-electron chi connectivity index (χ1n) is 6.24. The minimum Gasteiger partial charge on any atom is -0.478 e. The van der Waals surface area contributed by atoms with Crippen molar-refractivity contribution in [3.63, 3.8) is 0 Å². The smallest absolute Gasteiger partial charge is 0.339 e. The van der Waals surface area contributed by atoms with E-state index in [0.717, 1.165) is 0 Å². The molecule has 7 heteroatoms. The van der Waals surface area contributed by atoms with Crippen LogP contribution in [0.4, 0.5) is 5.82 Å². The monoisotopic (exact) mass is 297 g/mol. The molecular weight excluding hydrogens is 282 g/mol. The SMILES string of the molecule is CNC(=O)C1(C)CCN(c2nc(Cl)ccc2C(=O)O)C1. The van der Waals surface area contributed by atoms with E-state index in [4.69, 9.17) is 11.6 Å². The third-order valence-electron chi connectivity index (χ3n) is 3.62. The molecule has 1 unspecified atom stereocenters. The number of carboxylic acids is 1. The molecule has 0 aliphatic carbocycles. The molecule has 108 valence electrons. The van der Waals surface area contributed by atoms with Crippen LogP contribution in [-0.4, -0.2) is 42.1 Å². The van der Waals surface area contributed by atoms with E-state index in [0.29, 0.717) is 25.3 Å². The second-order valence-electron chi connectivity index (χ2n) is 5.12. The number of nitrogens with one attached hydrogen (secondary N) is 1. The minimum absolute atomic E-state index is 0.0566. The topological polar surface area (TPSA) is 82.5 Å². The quantitative estimate of drug-likeness (QED) is 0.824. The van der Waals surface area contributed by atoms with E-state index in [1.54, 1.807) is 11.9 Å². The van der Waals surface area contributed by atoms with Gasteiger partial charge in [-0.05, 0) is 25.5 Å². The Hall–Kier alpha value is -1.82. The van der Waals surface area contributed by atoms with E-state index in [1.165, 1.54) is 12.1 Å². The summed E-state index contributed by atoms with van der Waals surface area (Å²) >= 11 is 5.85. The first-order chi connectivity index (χ1) is 9.37. The van der Waals surface area contributed by atoms with Crippen LogP contribution in [-0.2, 0) is 4.79 Å². The predicted octanol–water partition coefficient (Wildman–Crippen LogP) is 1.40. The maximum Gasteiger partial charge on any atom is 0.339 e. The van der Waals surface area contributed by atoms with Gasteiger partial charge in [0.25, 0.3) is 0 Å². The number of halogens is 1. The van der Waals surface area contributed by atoms with Crippen molar-refractivity contribution in [3.8, 4) is 0 Å². The lowest BCUT2D eigenvalue weighted by atomic mass is 9.89. The summed E-state index contributed by atoms with van der Waals surface area (Å²) in [6.07, 6.45) is 0.639. The number of hydrogen-bond donors (Lipinski definition) is 2. The van der Waals surface area contributed by atoms with Gasteiger partial charge in [0, 0.05) is 20.1 Å². The van der Waals surface area contributed by atoms with Gasteiger partial charge in [0.05, 0.1) is 5.41 Å². The zero-order valence-corrected chi connectivity index (χ0v) is 12.1. The number of amides is 1. The molecule has 2 N–H and O–H groups in total. The Labute approximate surface area is 121 Å². The third kappa shape index (κ3) is 2.56. The Bertz CT molecular complexity index is 564. The van der Waals surface area contributed by atoms with Crippen molar-refractivity contribution in [1.29, 1.82) is 0 Å². The van der Waals surface area contributed by atoms with Gasteiger partial charge in [-0.15, -0.1) is 0 Å². The van der Waals surface area contributed by atoms with Gasteiger partial charge >= 0.3 is 5.97 Å². The summed E-state index contributed by atoms with van der Waals surface area (Å²) in [6, 6.07) is 2.88. The van der Waals surface area contributed by atoms with Crippen LogP contribution in [0.2, 0.25) is 5.15 Å². The third-order valence-corrected chi connectivity index (χ3v) is 3.83. The molecular formula is C13H16ClN3O3. The summed E-state index contributed by atoms with van der Waals surface area (Å²) in [5, 5.41) is 12.1. The Balaban J connectivity index is 2.33. The predicted molar refractivity (Wildman–Crippen MR) is 75.2 cm³/mol. The number of hydrogen-bond acceptors (Lipinski definition) is 4. The number of anilines is 1. The summed E-state index contributed by atoms with van der Waals surface area (Å²) in [6.45, 7) is 2.84. The molecule has 0 bridgehead atoms. The molecule has 20 heavy (non-hydrogen) atoms. The van der Waals surface area contributed by atoms with Crippen LogP contribution in [0.15, 0.2) is 12.1 Å². The van der Waals surface area contributed by atoms with Crippen molar-refractivity contribution in [1.82, 2.24) is 10.3 Å². The molecule has 0 saturated carbocycles. The molecule has 1 aliphatic heterocycles. The lowest BCUT2D eigenvalue weighted by Gasteiger charge is -2.24. The first kappa shape index (κ1) is 14.6. The maximum absolute atomic E-state index is 11.9. The van der Waals surface area contributed by atoms with Crippen LogP contribution in [0.25, 0.3) is 0 Å². The highest BCUT2D eigenvalue weighted by atomic mass is 35.5. The van der Waals surface area contributed by atoms with Gasteiger partial charge in [0.15, 0.2) is 0 Å². The standard InChI is InChI=1S/C13H16ClN3O3/c1-13(12(20)15-2)5-6-17(7-13)10-8(11(18)19)3-4-9(14)16-10/h3-4H,5-7H2,1-2H3,(H,15,20)(H,18,19). The van der Waals surface area contributed by atoms with Crippen molar-refractivity contribution in [2.45, 2.75) is 13.3 Å². The fourth-order valence-electron chi connectivity index (χ4n) is 2.46. The summed E-state index contributed by atoms with van der Waals surface area (Å²) in [7, 11) is 1.59. The van der Waals surface area contributed by atoms with Gasteiger partial charge in [-0.3, -0.25) is 4.79 Å². The minimum atomic E-state index is -1.06. The van der Waals surface area contributed by atoms with E-state index in [9.17, 15) is 14.7 Å².